The minimum Gasteiger partial charge on any atom is -0.371 e. The first-order valence-corrected chi connectivity index (χ1v) is 8.04. The van der Waals surface area contributed by atoms with Crippen molar-refractivity contribution in [1.29, 1.82) is 5.26 Å². The summed E-state index contributed by atoms with van der Waals surface area (Å²) in [7, 11) is 2.11. The van der Waals surface area contributed by atoms with E-state index >= 15 is 0 Å². The Bertz CT molecular complexity index is 714. The predicted molar refractivity (Wildman–Crippen MR) is 95.4 cm³/mol. The van der Waals surface area contributed by atoms with Gasteiger partial charge in [-0.1, -0.05) is 40.7 Å². The van der Waals surface area contributed by atoms with E-state index in [2.05, 4.69) is 50.9 Å². The van der Waals surface area contributed by atoms with Crippen molar-refractivity contribution in [2.45, 2.75) is 53.0 Å². The molecule has 1 heterocycles. The Balaban J connectivity index is 2.49. The summed E-state index contributed by atoms with van der Waals surface area (Å²) < 4.78 is 0. The molecule has 0 unspecified atom stereocenters. The van der Waals surface area contributed by atoms with Crippen molar-refractivity contribution < 1.29 is 4.79 Å². The Kier molecular flexibility index (Phi) is 4.15. The molecule has 3 nitrogen and oxygen atoms in total. The quantitative estimate of drug-likeness (QED) is 0.603. The van der Waals surface area contributed by atoms with Gasteiger partial charge >= 0.3 is 0 Å². The molecule has 0 radical (unpaired) electrons. The molecule has 0 saturated heterocycles. The van der Waals surface area contributed by atoms with Crippen LogP contribution in [-0.2, 0) is 10.2 Å². The van der Waals surface area contributed by atoms with Gasteiger partial charge in [-0.2, -0.15) is 5.26 Å². The van der Waals surface area contributed by atoms with E-state index in [0.717, 1.165) is 5.56 Å². The van der Waals surface area contributed by atoms with Crippen molar-refractivity contribution >= 4 is 17.5 Å². The van der Waals surface area contributed by atoms with Crippen molar-refractivity contribution in [3.05, 3.63) is 34.9 Å². The number of hydrogen-bond donors (Lipinski definition) is 0. The van der Waals surface area contributed by atoms with Crippen LogP contribution in [0.1, 0.15) is 52.7 Å². The van der Waals surface area contributed by atoms with Crippen LogP contribution in [0.5, 0.6) is 0 Å². The number of nitriles is 1. The lowest BCUT2D eigenvalue weighted by atomic mass is 9.80. The van der Waals surface area contributed by atoms with E-state index in [1.807, 2.05) is 26.8 Å². The number of Topliss-reactive ketones (excluding diaryl/α,β-unsaturated/α-hetero) is 1. The van der Waals surface area contributed by atoms with Crippen LogP contribution in [-0.4, -0.2) is 18.9 Å². The lowest BCUT2D eigenvalue weighted by Gasteiger charge is -2.28. The highest BCUT2D eigenvalue weighted by atomic mass is 16.1. The van der Waals surface area contributed by atoms with Gasteiger partial charge in [-0.15, -0.1) is 0 Å². The van der Waals surface area contributed by atoms with Crippen LogP contribution in [0.3, 0.4) is 0 Å². The van der Waals surface area contributed by atoms with Crippen molar-refractivity contribution in [2.24, 2.45) is 5.41 Å². The SMILES string of the molecule is C[C@H]1N(C)c2ccc(/C=C(/C#N)C(=O)C(C)(C)C)cc2C1(C)C. The summed E-state index contributed by atoms with van der Waals surface area (Å²) in [6.07, 6.45) is 1.72. The van der Waals surface area contributed by atoms with Crippen LogP contribution in [0.2, 0.25) is 0 Å². The zero-order valence-electron chi connectivity index (χ0n) is 15.2. The Morgan fingerprint density at radius 1 is 1.35 bits per heavy atom. The highest BCUT2D eigenvalue weighted by Crippen LogP contribution is 2.44. The second-order valence-corrected chi connectivity index (χ2v) is 8.03. The minimum absolute atomic E-state index is 0.0365. The molecule has 0 saturated carbocycles. The molecule has 1 aromatic rings. The van der Waals surface area contributed by atoms with Crippen molar-refractivity contribution in [2.75, 3.05) is 11.9 Å². The number of nitrogens with zero attached hydrogens (tertiary/aromatic N) is 2. The second-order valence-electron chi connectivity index (χ2n) is 8.03. The molecule has 1 aliphatic heterocycles. The number of ketones is 1. The number of fused-ring (bicyclic) bond motifs is 1. The zero-order chi connectivity index (χ0) is 17.6. The van der Waals surface area contributed by atoms with E-state index < -0.39 is 5.41 Å². The predicted octanol–water partition coefficient (Wildman–Crippen LogP) is 4.32. The molecule has 0 aliphatic carbocycles. The van der Waals surface area contributed by atoms with Crippen molar-refractivity contribution in [3.8, 4) is 6.07 Å². The van der Waals surface area contributed by atoms with Gasteiger partial charge in [0.05, 0.1) is 5.57 Å². The summed E-state index contributed by atoms with van der Waals surface area (Å²) >= 11 is 0. The number of likely N-dealkylation sites (N-methyl/N-ethyl adjacent to an activating group) is 1. The average Bonchev–Trinajstić information content (AvgIpc) is 2.64. The lowest BCUT2D eigenvalue weighted by molar-refractivity contribution is -0.121. The molecule has 3 heteroatoms. The molecule has 1 aromatic carbocycles. The molecule has 23 heavy (non-hydrogen) atoms. The van der Waals surface area contributed by atoms with Gasteiger partial charge in [0.1, 0.15) is 6.07 Å². The van der Waals surface area contributed by atoms with Crippen molar-refractivity contribution in [1.82, 2.24) is 0 Å². The maximum Gasteiger partial charge on any atom is 0.178 e. The summed E-state index contributed by atoms with van der Waals surface area (Å²) in [6.45, 7) is 12.2. The number of anilines is 1. The molecule has 1 aliphatic rings. The summed E-state index contributed by atoms with van der Waals surface area (Å²) in [5, 5.41) is 9.35. The van der Waals surface area contributed by atoms with E-state index in [-0.39, 0.29) is 16.8 Å². The first kappa shape index (κ1) is 17.3. The second kappa shape index (κ2) is 5.53. The average molecular weight is 310 g/mol. The topological polar surface area (TPSA) is 44.1 Å². The summed E-state index contributed by atoms with van der Waals surface area (Å²) in [4.78, 5) is 14.7. The molecule has 1 atom stereocenters. The van der Waals surface area contributed by atoms with Crippen LogP contribution in [0.4, 0.5) is 5.69 Å². The number of benzene rings is 1. The number of allylic oxidation sites excluding steroid dienone is 1. The fourth-order valence-corrected chi connectivity index (χ4v) is 3.10. The van der Waals surface area contributed by atoms with E-state index in [0.29, 0.717) is 6.04 Å². The molecule has 122 valence electrons. The fraction of sp³-hybridized carbons (Fsp3) is 0.500. The standard InChI is InChI=1S/C20H26N2O/c1-13-20(5,6)16-11-14(8-9-17(16)22(13)7)10-15(12-21)18(23)19(2,3)4/h8-11,13H,1-7H3/b15-10-/t13-/m1/s1. The molecule has 0 amide bonds. The molecule has 2 rings (SSSR count). The van der Waals surface area contributed by atoms with Gasteiger partial charge in [-0.3, -0.25) is 4.79 Å². The largest absolute Gasteiger partial charge is 0.371 e. The highest BCUT2D eigenvalue weighted by Gasteiger charge is 2.40. The summed E-state index contributed by atoms with van der Waals surface area (Å²) in [5.74, 6) is -0.120. The van der Waals surface area contributed by atoms with Gasteiger partial charge in [-0.25, -0.2) is 0 Å². The third kappa shape index (κ3) is 2.91. The van der Waals surface area contributed by atoms with E-state index in [1.165, 1.54) is 11.3 Å². The smallest absolute Gasteiger partial charge is 0.178 e. The molecule has 0 spiro atoms. The van der Waals surface area contributed by atoms with Crippen LogP contribution in [0.15, 0.2) is 23.8 Å². The molecule has 0 bridgehead atoms. The van der Waals surface area contributed by atoms with E-state index in [9.17, 15) is 10.1 Å². The number of rotatable bonds is 2. The van der Waals surface area contributed by atoms with Gasteiger partial charge in [0, 0.05) is 29.6 Å². The normalized spacial score (nSPS) is 20.2. The van der Waals surface area contributed by atoms with Gasteiger partial charge < -0.3 is 4.90 Å². The van der Waals surface area contributed by atoms with Gasteiger partial charge in [0.2, 0.25) is 0 Å². The van der Waals surface area contributed by atoms with E-state index in [4.69, 9.17) is 0 Å². The Morgan fingerprint density at radius 2 is 1.96 bits per heavy atom. The third-order valence-electron chi connectivity index (χ3n) is 5.08. The first-order valence-electron chi connectivity index (χ1n) is 8.04. The Hall–Kier alpha value is -2.08. The van der Waals surface area contributed by atoms with Gasteiger partial charge in [0.25, 0.3) is 0 Å². The molecular formula is C20H26N2O. The summed E-state index contributed by atoms with van der Waals surface area (Å²) in [6, 6.07) is 8.65. The lowest BCUT2D eigenvalue weighted by Crippen LogP contribution is -2.36. The molecule has 0 fully saturated rings. The maximum absolute atomic E-state index is 12.4. The maximum atomic E-state index is 12.4. The fourth-order valence-electron chi connectivity index (χ4n) is 3.10. The number of carbonyl (C=O) groups is 1. The Labute approximate surface area is 139 Å². The molecule has 0 N–H and O–H groups in total. The van der Waals surface area contributed by atoms with Crippen molar-refractivity contribution in [3.63, 3.8) is 0 Å². The number of hydrogen-bond acceptors (Lipinski definition) is 3. The highest BCUT2D eigenvalue weighted by molar-refractivity contribution is 6.06. The molecular weight excluding hydrogens is 284 g/mol. The van der Waals surface area contributed by atoms with Gasteiger partial charge in [0.15, 0.2) is 5.78 Å². The zero-order valence-corrected chi connectivity index (χ0v) is 15.2. The summed E-state index contributed by atoms with van der Waals surface area (Å²) in [5.41, 5.74) is 3.10. The van der Waals surface area contributed by atoms with Crippen LogP contribution < -0.4 is 4.90 Å². The molecule has 0 aromatic heterocycles. The number of carbonyl (C=O) groups excluding carboxylic acids is 1. The third-order valence-corrected chi connectivity index (χ3v) is 5.08. The monoisotopic (exact) mass is 310 g/mol. The van der Waals surface area contributed by atoms with Crippen LogP contribution in [0.25, 0.3) is 6.08 Å². The first-order chi connectivity index (χ1) is 10.5. The van der Waals surface area contributed by atoms with E-state index in [1.54, 1.807) is 6.08 Å². The van der Waals surface area contributed by atoms with Crippen LogP contribution >= 0.6 is 0 Å². The van der Waals surface area contributed by atoms with Gasteiger partial charge in [-0.05, 0) is 36.3 Å². The Morgan fingerprint density at radius 3 is 2.48 bits per heavy atom. The van der Waals surface area contributed by atoms with Crippen LogP contribution in [0, 0.1) is 16.7 Å². The minimum atomic E-state index is -0.549.